The van der Waals surface area contributed by atoms with Crippen LogP contribution in [0.2, 0.25) is 25.7 Å². The van der Waals surface area contributed by atoms with Crippen molar-refractivity contribution in [1.82, 2.24) is 14.3 Å². The number of aromatic carboxylic acids is 1. The number of rotatable bonds is 7. The molecule has 1 N–H and O–H groups in total. The van der Waals surface area contributed by atoms with Gasteiger partial charge in [0.15, 0.2) is 0 Å². The van der Waals surface area contributed by atoms with Gasteiger partial charge in [-0.1, -0.05) is 39.6 Å². The maximum absolute atomic E-state index is 11.4. The van der Waals surface area contributed by atoms with Crippen LogP contribution in [0.25, 0.3) is 22.3 Å². The Hall–Kier alpha value is -2.38. The lowest BCUT2D eigenvalue weighted by Gasteiger charge is -2.30. The summed E-state index contributed by atoms with van der Waals surface area (Å²) in [7, 11) is 0.859. The van der Waals surface area contributed by atoms with Gasteiger partial charge < -0.3 is 14.4 Å². The largest absolute Gasteiger partial charge is 0.478 e. The summed E-state index contributed by atoms with van der Waals surface area (Å²) in [6.07, 6.45) is 3.11. The van der Waals surface area contributed by atoms with Gasteiger partial charge in [-0.15, -0.1) is 0 Å². The van der Waals surface area contributed by atoms with E-state index in [-0.39, 0.29) is 5.41 Å². The van der Waals surface area contributed by atoms with Crippen molar-refractivity contribution in [1.29, 1.82) is 0 Å². The van der Waals surface area contributed by atoms with Gasteiger partial charge >= 0.3 is 5.97 Å². The van der Waals surface area contributed by atoms with Gasteiger partial charge in [0.2, 0.25) is 0 Å². The Morgan fingerprint density at radius 3 is 2.69 bits per heavy atom. The molecular formula is C25H35N3O3Si. The molecule has 4 rings (SSSR count). The molecule has 0 atom stereocenters. The third-order valence-corrected chi connectivity index (χ3v) is 8.31. The number of carboxylic acids is 1. The summed E-state index contributed by atoms with van der Waals surface area (Å²) >= 11 is 0. The molecule has 0 bridgehead atoms. The molecule has 6 nitrogen and oxygen atoms in total. The topological polar surface area (TPSA) is 69.3 Å². The minimum atomic E-state index is -1.13. The number of aromatic nitrogens is 3. The zero-order valence-electron chi connectivity index (χ0n) is 20.2. The molecule has 0 saturated heterocycles. The summed E-state index contributed by atoms with van der Waals surface area (Å²) in [5.41, 5.74) is 6.07. The first-order valence-electron chi connectivity index (χ1n) is 11.4. The second kappa shape index (κ2) is 8.19. The number of hydrogen-bond acceptors (Lipinski definition) is 3. The monoisotopic (exact) mass is 453 g/mol. The van der Waals surface area contributed by atoms with Crippen molar-refractivity contribution in [3.8, 4) is 11.4 Å². The molecule has 1 aliphatic carbocycles. The van der Waals surface area contributed by atoms with Gasteiger partial charge in [0, 0.05) is 43.9 Å². The number of carbonyl (C=O) groups is 1. The Kier molecular flexibility index (Phi) is 5.84. The lowest BCUT2D eigenvalue weighted by Crippen LogP contribution is -2.25. The van der Waals surface area contributed by atoms with Gasteiger partial charge in [0.25, 0.3) is 0 Å². The third kappa shape index (κ3) is 4.54. The van der Waals surface area contributed by atoms with Crippen molar-refractivity contribution in [2.45, 2.75) is 65.5 Å². The number of aryl methyl sites for hydroxylation is 1. The van der Waals surface area contributed by atoms with E-state index in [9.17, 15) is 9.90 Å². The number of fused-ring (bicyclic) bond motifs is 2. The molecule has 3 aromatic rings. The Bertz CT molecular complexity index is 1170. The van der Waals surface area contributed by atoms with Crippen LogP contribution < -0.4 is 0 Å². The fourth-order valence-corrected chi connectivity index (χ4v) is 5.29. The van der Waals surface area contributed by atoms with E-state index >= 15 is 0 Å². The van der Waals surface area contributed by atoms with Gasteiger partial charge in [-0.2, -0.15) is 5.10 Å². The Morgan fingerprint density at radius 2 is 2.00 bits per heavy atom. The smallest absolute Gasteiger partial charge is 0.335 e. The number of benzene rings is 1. The number of ether oxygens (including phenoxy) is 1. The summed E-state index contributed by atoms with van der Waals surface area (Å²) in [5, 5.41) is 15.5. The van der Waals surface area contributed by atoms with Gasteiger partial charge in [-0.25, -0.2) is 9.48 Å². The minimum Gasteiger partial charge on any atom is -0.478 e. The Labute approximate surface area is 191 Å². The quantitative estimate of drug-likeness (QED) is 0.375. The number of hydrogen-bond donors (Lipinski definition) is 1. The molecule has 1 aliphatic rings. The van der Waals surface area contributed by atoms with Crippen molar-refractivity contribution in [3.05, 3.63) is 41.1 Å². The molecule has 1 aromatic carbocycles. The molecule has 7 heteroatoms. The predicted octanol–water partition coefficient (Wildman–Crippen LogP) is 5.57. The molecule has 0 fully saturated rings. The molecule has 0 radical (unpaired) electrons. The maximum atomic E-state index is 11.4. The molecule has 2 heterocycles. The van der Waals surface area contributed by atoms with Crippen LogP contribution in [0, 0.1) is 5.41 Å². The first kappa shape index (κ1) is 22.8. The third-order valence-electron chi connectivity index (χ3n) is 6.61. The van der Waals surface area contributed by atoms with E-state index in [0.29, 0.717) is 12.3 Å². The van der Waals surface area contributed by atoms with Crippen LogP contribution in [0.5, 0.6) is 0 Å². The predicted molar refractivity (Wildman–Crippen MR) is 131 cm³/mol. The van der Waals surface area contributed by atoms with Crippen LogP contribution in [0.4, 0.5) is 0 Å². The van der Waals surface area contributed by atoms with Crippen LogP contribution in [0.3, 0.4) is 0 Å². The molecule has 0 spiro atoms. The average Bonchev–Trinajstić information content (AvgIpc) is 3.20. The molecule has 0 unspecified atom stereocenters. The highest BCUT2D eigenvalue weighted by Crippen LogP contribution is 2.40. The van der Waals surface area contributed by atoms with Gasteiger partial charge in [-0.05, 0) is 48.9 Å². The molecule has 0 saturated carbocycles. The maximum Gasteiger partial charge on any atom is 0.335 e. The molecular weight excluding hydrogens is 418 g/mol. The molecule has 32 heavy (non-hydrogen) atoms. The van der Waals surface area contributed by atoms with Crippen LogP contribution in [0.15, 0.2) is 24.3 Å². The molecule has 0 amide bonds. The van der Waals surface area contributed by atoms with Crippen LogP contribution in [-0.4, -0.2) is 40.1 Å². The first-order chi connectivity index (χ1) is 15.0. The van der Waals surface area contributed by atoms with Crippen LogP contribution in [-0.2, 0) is 31.4 Å². The van der Waals surface area contributed by atoms with Crippen LogP contribution >= 0.6 is 0 Å². The zero-order chi connectivity index (χ0) is 23.3. The van der Waals surface area contributed by atoms with E-state index in [1.165, 1.54) is 11.3 Å². The SMILES string of the molecule is Cn1c(-c2nn(COCC[Si](C)(C)C)c3c2CCC(C)(C)C3)cc2ccc(C(=O)O)cc21. The zero-order valence-corrected chi connectivity index (χ0v) is 21.2. The van der Waals surface area contributed by atoms with E-state index < -0.39 is 14.0 Å². The van der Waals surface area contributed by atoms with Crippen molar-refractivity contribution < 1.29 is 14.6 Å². The van der Waals surface area contributed by atoms with Crippen molar-refractivity contribution >= 4 is 24.9 Å². The van der Waals surface area contributed by atoms with Gasteiger partial charge in [-0.3, -0.25) is 0 Å². The molecule has 2 aromatic heterocycles. The van der Waals surface area contributed by atoms with Crippen LogP contribution in [0.1, 0.15) is 41.9 Å². The van der Waals surface area contributed by atoms with Crippen molar-refractivity contribution in [2.75, 3.05) is 6.61 Å². The number of nitrogens with zero attached hydrogens (tertiary/aromatic N) is 3. The Morgan fingerprint density at radius 1 is 1.25 bits per heavy atom. The summed E-state index contributed by atoms with van der Waals surface area (Å²) in [4.78, 5) is 11.4. The van der Waals surface area contributed by atoms with E-state index in [2.05, 4.69) is 48.8 Å². The van der Waals surface area contributed by atoms with Crippen molar-refractivity contribution in [3.63, 3.8) is 0 Å². The normalized spacial score (nSPS) is 15.8. The van der Waals surface area contributed by atoms with Gasteiger partial charge in [0.1, 0.15) is 12.4 Å². The second-order valence-electron chi connectivity index (χ2n) is 11.1. The fraction of sp³-hybridized carbons (Fsp3) is 0.520. The van der Waals surface area contributed by atoms with Crippen molar-refractivity contribution in [2.24, 2.45) is 12.5 Å². The highest BCUT2D eigenvalue weighted by molar-refractivity contribution is 6.76. The molecule has 172 valence electrons. The fourth-order valence-electron chi connectivity index (χ4n) is 4.53. The lowest BCUT2D eigenvalue weighted by molar-refractivity contribution is 0.0697. The van der Waals surface area contributed by atoms with Gasteiger partial charge in [0.05, 0.1) is 11.3 Å². The van der Waals surface area contributed by atoms with E-state index in [4.69, 9.17) is 9.84 Å². The summed E-state index contributed by atoms with van der Waals surface area (Å²) in [6.45, 7) is 13.0. The van der Waals surface area contributed by atoms with E-state index in [0.717, 1.165) is 54.2 Å². The second-order valence-corrected chi connectivity index (χ2v) is 16.8. The molecule has 0 aliphatic heterocycles. The summed E-state index contributed by atoms with van der Waals surface area (Å²) < 4.78 is 10.2. The standard InChI is InChI=1S/C25H35N3O3Si/c1-25(2)10-9-19-22(15-25)28(16-31-11-12-32(4,5)6)26-23(19)21-13-17-7-8-18(24(29)30)14-20(17)27(21)3/h7-8,13-14H,9-12,15-16H2,1-6H3,(H,29,30). The average molecular weight is 454 g/mol. The highest BCUT2D eigenvalue weighted by Gasteiger charge is 2.32. The summed E-state index contributed by atoms with van der Waals surface area (Å²) in [5.74, 6) is -0.908. The lowest BCUT2D eigenvalue weighted by atomic mass is 9.76. The minimum absolute atomic E-state index is 0.246. The Balaban J connectivity index is 1.72. The first-order valence-corrected chi connectivity index (χ1v) is 15.2. The summed E-state index contributed by atoms with van der Waals surface area (Å²) in [6, 6.07) is 8.56. The highest BCUT2D eigenvalue weighted by atomic mass is 28.3. The van der Waals surface area contributed by atoms with E-state index in [1.807, 2.05) is 13.1 Å². The number of carboxylic acid groups (broad SMARTS) is 1. The van der Waals surface area contributed by atoms with E-state index in [1.54, 1.807) is 12.1 Å².